The Balaban J connectivity index is 1.47. The van der Waals surface area contributed by atoms with Crippen LogP contribution in [0.25, 0.3) is 16.8 Å². The Bertz CT molecular complexity index is 1290. The third kappa shape index (κ3) is 3.74. The molecule has 31 heavy (non-hydrogen) atoms. The molecule has 4 aromatic rings. The summed E-state index contributed by atoms with van der Waals surface area (Å²) >= 11 is 0. The molecule has 0 saturated heterocycles. The summed E-state index contributed by atoms with van der Waals surface area (Å²) in [5.74, 6) is 1.33. The molecule has 7 heteroatoms. The average molecular weight is 413 g/mol. The van der Waals surface area contributed by atoms with Crippen LogP contribution in [-0.2, 0) is 13.7 Å². The number of nitrogens with zero attached hydrogens (tertiary/aromatic N) is 5. The molecule has 2 aromatic carbocycles. The fourth-order valence-corrected chi connectivity index (χ4v) is 3.86. The standard InChI is InChI=1S/C24H23N5O2/c1-16-13-18(19-5-4-12-25-14-19)10-11-23(16)31-15-21-20(17-8-9-17)6-3-7-22(21)29-24(30)28(2)26-27-29/h3-7,10-14,17H,8-9,15H2,1-2H3. The van der Waals surface area contributed by atoms with Crippen molar-refractivity contribution >= 4 is 0 Å². The molecule has 0 atom stereocenters. The smallest absolute Gasteiger partial charge is 0.368 e. The number of benzene rings is 2. The average Bonchev–Trinajstić information content (AvgIpc) is 3.59. The van der Waals surface area contributed by atoms with Crippen molar-refractivity contribution in [2.45, 2.75) is 32.3 Å². The van der Waals surface area contributed by atoms with Gasteiger partial charge in [-0.2, -0.15) is 9.36 Å². The highest BCUT2D eigenvalue weighted by Gasteiger charge is 2.28. The first kappa shape index (κ1) is 19.2. The van der Waals surface area contributed by atoms with E-state index in [0.717, 1.165) is 46.5 Å². The first-order valence-electron chi connectivity index (χ1n) is 10.4. The van der Waals surface area contributed by atoms with Crippen LogP contribution in [0, 0.1) is 6.92 Å². The van der Waals surface area contributed by atoms with Gasteiger partial charge in [0.25, 0.3) is 0 Å². The number of ether oxygens (including phenoxy) is 1. The van der Waals surface area contributed by atoms with E-state index in [4.69, 9.17) is 4.74 Å². The van der Waals surface area contributed by atoms with Crippen LogP contribution in [0.5, 0.6) is 5.75 Å². The number of aryl methyl sites for hydroxylation is 2. The van der Waals surface area contributed by atoms with Gasteiger partial charge in [-0.25, -0.2) is 4.79 Å². The molecule has 0 unspecified atom stereocenters. The van der Waals surface area contributed by atoms with Crippen LogP contribution in [0.3, 0.4) is 0 Å². The molecule has 0 spiro atoms. The normalized spacial score (nSPS) is 13.4. The topological polar surface area (TPSA) is 74.8 Å². The third-order valence-electron chi connectivity index (χ3n) is 5.70. The zero-order valence-electron chi connectivity index (χ0n) is 17.5. The number of pyridine rings is 1. The highest BCUT2D eigenvalue weighted by Crippen LogP contribution is 2.43. The SMILES string of the molecule is Cc1cc(-c2cccnc2)ccc1OCc1c(C2CC2)cccc1-n1nnn(C)c1=O. The lowest BCUT2D eigenvalue weighted by Crippen LogP contribution is -2.23. The fourth-order valence-electron chi connectivity index (χ4n) is 3.86. The molecule has 0 bridgehead atoms. The van der Waals surface area contributed by atoms with Gasteiger partial charge in [0.05, 0.1) is 5.69 Å². The zero-order chi connectivity index (χ0) is 21.4. The van der Waals surface area contributed by atoms with Crippen LogP contribution < -0.4 is 10.4 Å². The third-order valence-corrected chi connectivity index (χ3v) is 5.70. The Hall–Kier alpha value is -3.74. The van der Waals surface area contributed by atoms with Gasteiger partial charge in [0.15, 0.2) is 0 Å². The molecule has 1 aliphatic carbocycles. The van der Waals surface area contributed by atoms with Crippen molar-refractivity contribution in [3.05, 3.63) is 88.1 Å². The summed E-state index contributed by atoms with van der Waals surface area (Å²) in [5.41, 5.74) is 5.88. The van der Waals surface area contributed by atoms with Gasteiger partial charge in [-0.15, -0.1) is 0 Å². The predicted molar refractivity (Wildman–Crippen MR) is 117 cm³/mol. The largest absolute Gasteiger partial charge is 0.489 e. The van der Waals surface area contributed by atoms with Gasteiger partial charge in [-0.05, 0) is 77.1 Å². The minimum Gasteiger partial charge on any atom is -0.489 e. The molecule has 7 nitrogen and oxygen atoms in total. The molecule has 2 aromatic heterocycles. The van der Waals surface area contributed by atoms with Crippen LogP contribution in [-0.4, -0.2) is 24.8 Å². The van der Waals surface area contributed by atoms with Gasteiger partial charge in [-0.1, -0.05) is 24.3 Å². The summed E-state index contributed by atoms with van der Waals surface area (Å²) in [6, 6.07) is 16.1. The molecular formula is C24H23N5O2. The predicted octanol–water partition coefficient (Wildman–Crippen LogP) is 3.79. The summed E-state index contributed by atoms with van der Waals surface area (Å²) < 4.78 is 8.84. The number of hydrogen-bond acceptors (Lipinski definition) is 5. The van der Waals surface area contributed by atoms with E-state index in [9.17, 15) is 4.79 Å². The Morgan fingerprint density at radius 1 is 1.06 bits per heavy atom. The quantitative estimate of drug-likeness (QED) is 0.481. The second kappa shape index (κ2) is 7.83. The van der Waals surface area contributed by atoms with Crippen molar-refractivity contribution in [1.29, 1.82) is 0 Å². The zero-order valence-corrected chi connectivity index (χ0v) is 17.5. The summed E-state index contributed by atoms with van der Waals surface area (Å²) in [6.07, 6.45) is 5.94. The lowest BCUT2D eigenvalue weighted by Gasteiger charge is -2.16. The highest BCUT2D eigenvalue weighted by atomic mass is 16.5. The minimum atomic E-state index is -0.272. The van der Waals surface area contributed by atoms with Crippen molar-refractivity contribution in [1.82, 2.24) is 24.8 Å². The molecule has 0 amide bonds. The van der Waals surface area contributed by atoms with E-state index in [1.807, 2.05) is 49.5 Å². The van der Waals surface area contributed by atoms with Gasteiger partial charge in [0, 0.05) is 30.6 Å². The van der Waals surface area contributed by atoms with Gasteiger partial charge < -0.3 is 4.74 Å². The Labute approximate surface area is 179 Å². The van der Waals surface area contributed by atoms with E-state index in [1.54, 1.807) is 13.2 Å². The van der Waals surface area contributed by atoms with Crippen LogP contribution in [0.4, 0.5) is 0 Å². The number of hydrogen-bond donors (Lipinski definition) is 0. The van der Waals surface area contributed by atoms with Gasteiger partial charge in [0.1, 0.15) is 12.4 Å². The molecule has 1 aliphatic rings. The van der Waals surface area contributed by atoms with Crippen molar-refractivity contribution in [2.24, 2.45) is 7.05 Å². The first-order valence-corrected chi connectivity index (χ1v) is 10.4. The van der Waals surface area contributed by atoms with E-state index in [2.05, 4.69) is 27.5 Å². The molecule has 156 valence electrons. The molecule has 1 fully saturated rings. The Morgan fingerprint density at radius 3 is 2.61 bits per heavy atom. The van der Waals surface area contributed by atoms with Crippen LogP contribution in [0.2, 0.25) is 0 Å². The number of rotatable bonds is 6. The summed E-state index contributed by atoms with van der Waals surface area (Å²) in [6.45, 7) is 2.40. The van der Waals surface area contributed by atoms with E-state index in [1.165, 1.54) is 14.9 Å². The minimum absolute atomic E-state index is 0.272. The van der Waals surface area contributed by atoms with Crippen molar-refractivity contribution in [3.63, 3.8) is 0 Å². The van der Waals surface area contributed by atoms with Crippen LogP contribution in [0.15, 0.2) is 65.7 Å². The molecule has 5 rings (SSSR count). The Morgan fingerprint density at radius 2 is 1.94 bits per heavy atom. The molecule has 0 N–H and O–H groups in total. The maximum Gasteiger partial charge on any atom is 0.368 e. The molecule has 2 heterocycles. The van der Waals surface area contributed by atoms with Gasteiger partial charge in [-0.3, -0.25) is 4.98 Å². The van der Waals surface area contributed by atoms with E-state index >= 15 is 0 Å². The lowest BCUT2D eigenvalue weighted by atomic mass is 10.0. The van der Waals surface area contributed by atoms with E-state index in [-0.39, 0.29) is 5.69 Å². The summed E-state index contributed by atoms with van der Waals surface area (Å²) in [5, 5.41) is 7.91. The molecular weight excluding hydrogens is 390 g/mol. The Kier molecular flexibility index (Phi) is 4.86. The van der Waals surface area contributed by atoms with Crippen LogP contribution in [0.1, 0.15) is 35.4 Å². The first-order chi connectivity index (χ1) is 15.1. The maximum absolute atomic E-state index is 12.5. The summed E-state index contributed by atoms with van der Waals surface area (Å²) in [7, 11) is 1.60. The molecule has 0 aliphatic heterocycles. The lowest BCUT2D eigenvalue weighted by molar-refractivity contribution is 0.302. The monoisotopic (exact) mass is 413 g/mol. The van der Waals surface area contributed by atoms with Gasteiger partial charge in [0.2, 0.25) is 0 Å². The van der Waals surface area contributed by atoms with E-state index in [0.29, 0.717) is 12.5 Å². The second-order valence-corrected chi connectivity index (χ2v) is 7.93. The van der Waals surface area contributed by atoms with Crippen LogP contribution >= 0.6 is 0 Å². The van der Waals surface area contributed by atoms with E-state index < -0.39 is 0 Å². The van der Waals surface area contributed by atoms with Gasteiger partial charge >= 0.3 is 5.69 Å². The fraction of sp³-hybridized carbons (Fsp3) is 0.250. The molecule has 1 saturated carbocycles. The molecule has 0 radical (unpaired) electrons. The highest BCUT2D eigenvalue weighted by molar-refractivity contribution is 5.64. The van der Waals surface area contributed by atoms with Crippen molar-refractivity contribution < 1.29 is 4.74 Å². The summed E-state index contributed by atoms with van der Waals surface area (Å²) in [4.78, 5) is 16.7. The number of tetrazole rings is 1. The van der Waals surface area contributed by atoms with Crippen molar-refractivity contribution in [2.75, 3.05) is 0 Å². The van der Waals surface area contributed by atoms with Crippen molar-refractivity contribution in [3.8, 4) is 22.6 Å². The second-order valence-electron chi connectivity index (χ2n) is 7.93. The maximum atomic E-state index is 12.5. The number of aromatic nitrogens is 5.